The standard InChI is InChI=1S/C11H16OS/c1-8(2)11(3,4)10(12)9-6-5-7-13-9/h5-7,10,12H,1H2,2-4H3. The predicted octanol–water partition coefficient (Wildman–Crippen LogP) is 3.38. The average molecular weight is 196 g/mol. The van der Waals surface area contributed by atoms with Crippen molar-refractivity contribution < 1.29 is 5.11 Å². The first-order valence-corrected chi connectivity index (χ1v) is 5.21. The maximum atomic E-state index is 10.1. The van der Waals surface area contributed by atoms with Crippen molar-refractivity contribution in [1.29, 1.82) is 0 Å². The molecule has 1 nitrogen and oxygen atoms in total. The summed E-state index contributed by atoms with van der Waals surface area (Å²) in [7, 11) is 0. The van der Waals surface area contributed by atoms with E-state index in [1.807, 2.05) is 38.3 Å². The topological polar surface area (TPSA) is 20.2 Å². The normalized spacial score (nSPS) is 14.2. The van der Waals surface area contributed by atoms with Gasteiger partial charge in [0.25, 0.3) is 0 Å². The minimum Gasteiger partial charge on any atom is -0.387 e. The monoisotopic (exact) mass is 196 g/mol. The van der Waals surface area contributed by atoms with E-state index in [1.165, 1.54) is 0 Å². The molecule has 1 aromatic heterocycles. The highest BCUT2D eigenvalue weighted by molar-refractivity contribution is 7.10. The third-order valence-corrected chi connectivity index (χ3v) is 3.52. The molecule has 0 spiro atoms. The molecule has 0 fully saturated rings. The van der Waals surface area contributed by atoms with Crippen LogP contribution in [0.25, 0.3) is 0 Å². The lowest BCUT2D eigenvalue weighted by atomic mass is 9.80. The molecule has 0 saturated heterocycles. The lowest BCUT2D eigenvalue weighted by molar-refractivity contribution is 0.0779. The van der Waals surface area contributed by atoms with Crippen molar-refractivity contribution in [2.45, 2.75) is 26.9 Å². The van der Waals surface area contributed by atoms with Crippen LogP contribution in [0.5, 0.6) is 0 Å². The Morgan fingerprint density at radius 1 is 1.62 bits per heavy atom. The molecule has 0 radical (unpaired) electrons. The molecule has 0 amide bonds. The third kappa shape index (κ3) is 2.01. The van der Waals surface area contributed by atoms with Gasteiger partial charge in [-0.2, -0.15) is 0 Å². The summed E-state index contributed by atoms with van der Waals surface area (Å²) < 4.78 is 0. The molecule has 0 aliphatic carbocycles. The molecule has 0 aliphatic rings. The SMILES string of the molecule is C=C(C)C(C)(C)C(O)c1cccs1. The molecule has 1 rings (SSSR count). The molecule has 2 heteroatoms. The molecular formula is C11H16OS. The highest BCUT2D eigenvalue weighted by Gasteiger charge is 2.30. The molecule has 13 heavy (non-hydrogen) atoms. The smallest absolute Gasteiger partial charge is 0.0969 e. The summed E-state index contributed by atoms with van der Waals surface area (Å²) in [5.41, 5.74) is 0.763. The highest BCUT2D eigenvalue weighted by Crippen LogP contribution is 2.40. The van der Waals surface area contributed by atoms with E-state index in [0.717, 1.165) is 10.5 Å². The molecular weight excluding hydrogens is 180 g/mol. The van der Waals surface area contributed by atoms with Crippen molar-refractivity contribution >= 4 is 11.3 Å². The highest BCUT2D eigenvalue weighted by atomic mass is 32.1. The van der Waals surface area contributed by atoms with Crippen molar-refractivity contribution in [3.63, 3.8) is 0 Å². The van der Waals surface area contributed by atoms with E-state index in [-0.39, 0.29) is 5.41 Å². The maximum Gasteiger partial charge on any atom is 0.0969 e. The van der Waals surface area contributed by atoms with Gasteiger partial charge in [-0.15, -0.1) is 11.3 Å². The first-order valence-electron chi connectivity index (χ1n) is 4.33. The molecule has 0 saturated carbocycles. The van der Waals surface area contributed by atoms with Gasteiger partial charge in [-0.25, -0.2) is 0 Å². The van der Waals surface area contributed by atoms with Gasteiger partial charge in [0, 0.05) is 10.3 Å². The van der Waals surface area contributed by atoms with Crippen LogP contribution >= 0.6 is 11.3 Å². The van der Waals surface area contributed by atoms with Crippen molar-refractivity contribution in [3.05, 3.63) is 34.5 Å². The van der Waals surface area contributed by atoms with E-state index in [0.29, 0.717) is 0 Å². The quantitative estimate of drug-likeness (QED) is 0.735. The molecule has 72 valence electrons. The van der Waals surface area contributed by atoms with E-state index in [2.05, 4.69) is 6.58 Å². The van der Waals surface area contributed by atoms with Crippen LogP contribution in [-0.4, -0.2) is 5.11 Å². The fourth-order valence-electron chi connectivity index (χ4n) is 1.04. The van der Waals surface area contributed by atoms with Gasteiger partial charge in [-0.1, -0.05) is 32.1 Å². The lowest BCUT2D eigenvalue weighted by Crippen LogP contribution is -2.22. The van der Waals surface area contributed by atoms with Crippen LogP contribution in [0.4, 0.5) is 0 Å². The fraction of sp³-hybridized carbons (Fsp3) is 0.455. The summed E-state index contributed by atoms with van der Waals surface area (Å²) >= 11 is 1.58. The van der Waals surface area contributed by atoms with Crippen LogP contribution in [0.2, 0.25) is 0 Å². The van der Waals surface area contributed by atoms with Gasteiger partial charge in [0.15, 0.2) is 0 Å². The minimum atomic E-state index is -0.440. The molecule has 0 aliphatic heterocycles. The minimum absolute atomic E-state index is 0.245. The first kappa shape index (κ1) is 10.5. The summed E-state index contributed by atoms with van der Waals surface area (Å²) in [5, 5.41) is 12.0. The van der Waals surface area contributed by atoms with Gasteiger partial charge in [0.1, 0.15) is 0 Å². The summed E-state index contributed by atoms with van der Waals surface area (Å²) in [5.74, 6) is 0. The van der Waals surface area contributed by atoms with Gasteiger partial charge >= 0.3 is 0 Å². The number of hydrogen-bond acceptors (Lipinski definition) is 2. The van der Waals surface area contributed by atoms with Crippen molar-refractivity contribution in [2.24, 2.45) is 5.41 Å². The molecule has 1 unspecified atom stereocenters. The van der Waals surface area contributed by atoms with Crippen molar-refractivity contribution in [1.82, 2.24) is 0 Å². The summed E-state index contributed by atoms with van der Waals surface area (Å²) in [6, 6.07) is 3.91. The summed E-state index contributed by atoms with van der Waals surface area (Å²) in [4.78, 5) is 1.01. The van der Waals surface area contributed by atoms with Gasteiger partial charge < -0.3 is 5.11 Å². The number of thiophene rings is 1. The van der Waals surface area contributed by atoms with Crippen LogP contribution < -0.4 is 0 Å². The van der Waals surface area contributed by atoms with Gasteiger partial charge in [-0.05, 0) is 18.4 Å². The third-order valence-electron chi connectivity index (χ3n) is 2.60. The predicted molar refractivity (Wildman–Crippen MR) is 57.9 cm³/mol. The molecule has 1 aromatic rings. The number of aliphatic hydroxyl groups is 1. The molecule has 1 atom stereocenters. The summed E-state index contributed by atoms with van der Waals surface area (Å²) in [6.07, 6.45) is -0.440. The molecule has 0 bridgehead atoms. The first-order chi connectivity index (χ1) is 5.96. The van der Waals surface area contributed by atoms with Crippen molar-refractivity contribution in [2.75, 3.05) is 0 Å². The molecule has 1 heterocycles. The van der Waals surface area contributed by atoms with Gasteiger partial charge in [0.05, 0.1) is 6.10 Å². The van der Waals surface area contributed by atoms with Crippen LogP contribution in [0.3, 0.4) is 0 Å². The van der Waals surface area contributed by atoms with E-state index in [9.17, 15) is 5.11 Å². The number of hydrogen-bond donors (Lipinski definition) is 1. The van der Waals surface area contributed by atoms with Crippen LogP contribution in [0.15, 0.2) is 29.7 Å². The van der Waals surface area contributed by atoms with Gasteiger partial charge in [-0.3, -0.25) is 0 Å². The van der Waals surface area contributed by atoms with Crippen LogP contribution in [0, 0.1) is 5.41 Å². The Labute approximate surface area is 83.7 Å². The van der Waals surface area contributed by atoms with E-state index < -0.39 is 6.10 Å². The van der Waals surface area contributed by atoms with Crippen LogP contribution in [-0.2, 0) is 0 Å². The fourth-order valence-corrected chi connectivity index (χ4v) is 1.93. The Bertz CT molecular complexity index is 285. The lowest BCUT2D eigenvalue weighted by Gasteiger charge is -2.30. The Hall–Kier alpha value is -0.600. The Balaban J connectivity index is 2.90. The zero-order chi connectivity index (χ0) is 10.1. The molecule has 0 aromatic carbocycles. The zero-order valence-electron chi connectivity index (χ0n) is 8.37. The average Bonchev–Trinajstić information content (AvgIpc) is 2.54. The van der Waals surface area contributed by atoms with Crippen molar-refractivity contribution in [3.8, 4) is 0 Å². The maximum absolute atomic E-state index is 10.1. The largest absolute Gasteiger partial charge is 0.387 e. The second-order valence-electron chi connectivity index (χ2n) is 3.92. The molecule has 1 N–H and O–H groups in total. The Morgan fingerprint density at radius 2 is 2.23 bits per heavy atom. The van der Waals surface area contributed by atoms with Gasteiger partial charge in [0.2, 0.25) is 0 Å². The zero-order valence-corrected chi connectivity index (χ0v) is 9.19. The van der Waals surface area contributed by atoms with Crippen LogP contribution in [0.1, 0.15) is 31.8 Å². The number of rotatable bonds is 3. The number of aliphatic hydroxyl groups excluding tert-OH is 1. The second-order valence-corrected chi connectivity index (χ2v) is 4.90. The van der Waals surface area contributed by atoms with E-state index in [4.69, 9.17) is 0 Å². The second kappa shape index (κ2) is 3.64. The Kier molecular flexibility index (Phi) is 2.94. The summed E-state index contributed by atoms with van der Waals surface area (Å²) in [6.45, 7) is 9.88. The van der Waals surface area contributed by atoms with E-state index >= 15 is 0 Å². The van der Waals surface area contributed by atoms with E-state index in [1.54, 1.807) is 11.3 Å². The Morgan fingerprint density at radius 3 is 2.62 bits per heavy atom.